The van der Waals surface area contributed by atoms with Gasteiger partial charge in [0.25, 0.3) is 0 Å². The predicted octanol–water partition coefficient (Wildman–Crippen LogP) is 8.12. The predicted molar refractivity (Wildman–Crippen MR) is 152 cm³/mol. The van der Waals surface area contributed by atoms with Gasteiger partial charge < -0.3 is 9.84 Å². The molecular formula is C32H39N3O2. The van der Waals surface area contributed by atoms with Crippen LogP contribution in [-0.2, 0) is 6.42 Å². The molecule has 194 valence electrons. The Morgan fingerprint density at radius 3 is 2.22 bits per heavy atom. The molecular weight excluding hydrogens is 458 g/mol. The monoisotopic (exact) mass is 497 g/mol. The number of hydrogen-bond acceptors (Lipinski definition) is 5. The molecule has 0 spiro atoms. The highest BCUT2D eigenvalue weighted by Crippen LogP contribution is 2.31. The van der Waals surface area contributed by atoms with Gasteiger partial charge in [-0.05, 0) is 86.1 Å². The summed E-state index contributed by atoms with van der Waals surface area (Å²) in [4.78, 5) is 12.7. The molecule has 0 aliphatic heterocycles. The maximum Gasteiger partial charge on any atom is 0.213 e. The highest BCUT2D eigenvalue weighted by Gasteiger charge is 2.19. The highest BCUT2D eigenvalue weighted by molar-refractivity contribution is 5.74. The maximum atomic E-state index is 8.69. The average molecular weight is 498 g/mol. The Morgan fingerprint density at radius 1 is 0.865 bits per heavy atom. The van der Waals surface area contributed by atoms with Crippen molar-refractivity contribution in [2.75, 3.05) is 0 Å². The van der Waals surface area contributed by atoms with Crippen molar-refractivity contribution in [1.82, 2.24) is 15.0 Å². The lowest BCUT2D eigenvalue weighted by Crippen LogP contribution is -2.24. The zero-order valence-electron chi connectivity index (χ0n) is 22.7. The molecule has 0 radical (unpaired) electrons. The van der Waals surface area contributed by atoms with Crippen LogP contribution in [0.4, 0.5) is 0 Å². The molecule has 1 saturated carbocycles. The molecule has 4 aromatic rings. The first-order valence-corrected chi connectivity index (χ1v) is 13.3. The normalized spacial score (nSPS) is 12.4. The van der Waals surface area contributed by atoms with E-state index >= 15 is 0 Å². The number of aromatic nitrogens is 3. The van der Waals surface area contributed by atoms with Crippen LogP contribution in [0.15, 0.2) is 73.3 Å². The largest absolute Gasteiger partial charge is 0.506 e. The van der Waals surface area contributed by atoms with E-state index in [1.807, 2.05) is 45.4 Å². The van der Waals surface area contributed by atoms with Crippen LogP contribution in [-0.4, -0.2) is 26.2 Å². The second-order valence-electron chi connectivity index (χ2n) is 9.03. The van der Waals surface area contributed by atoms with E-state index in [4.69, 9.17) is 9.84 Å². The number of rotatable bonds is 6. The summed E-state index contributed by atoms with van der Waals surface area (Å²) in [5, 5.41) is 8.69. The molecule has 1 aliphatic rings. The summed E-state index contributed by atoms with van der Waals surface area (Å²) in [6, 6.07) is 16.2. The van der Waals surface area contributed by atoms with E-state index in [1.54, 1.807) is 12.1 Å². The van der Waals surface area contributed by atoms with Crippen molar-refractivity contribution in [1.29, 1.82) is 0 Å². The third-order valence-electron chi connectivity index (χ3n) is 6.25. The van der Waals surface area contributed by atoms with Gasteiger partial charge in [-0.25, -0.2) is 4.98 Å². The zero-order chi connectivity index (χ0) is 26.6. The quantitative estimate of drug-likeness (QED) is 0.291. The zero-order valence-corrected chi connectivity index (χ0v) is 22.7. The number of aromatic hydroxyl groups is 1. The Kier molecular flexibility index (Phi) is 10.6. The molecule has 0 saturated heterocycles. The van der Waals surface area contributed by atoms with Crippen molar-refractivity contribution in [3.05, 3.63) is 90.1 Å². The van der Waals surface area contributed by atoms with Crippen molar-refractivity contribution in [2.24, 2.45) is 0 Å². The molecule has 5 nitrogen and oxygen atoms in total. The van der Waals surface area contributed by atoms with Gasteiger partial charge >= 0.3 is 0 Å². The molecule has 1 N–H and O–H groups in total. The third kappa shape index (κ3) is 7.88. The molecule has 1 fully saturated rings. The molecule has 3 aromatic heterocycles. The summed E-state index contributed by atoms with van der Waals surface area (Å²) in [7, 11) is 0. The smallest absolute Gasteiger partial charge is 0.213 e. The van der Waals surface area contributed by atoms with Crippen LogP contribution < -0.4 is 4.74 Å². The third-order valence-corrected chi connectivity index (χ3v) is 6.25. The van der Waals surface area contributed by atoms with Gasteiger partial charge in [-0.1, -0.05) is 45.4 Å². The van der Waals surface area contributed by atoms with Gasteiger partial charge in [-0.15, -0.1) is 0 Å². The number of nitrogens with zero attached hydrogens (tertiary/aromatic N) is 3. The Morgan fingerprint density at radius 2 is 1.65 bits per heavy atom. The summed E-state index contributed by atoms with van der Waals surface area (Å²) in [6.45, 7) is 10.3. The molecule has 0 bridgehead atoms. The first-order chi connectivity index (χ1) is 18.0. The molecule has 37 heavy (non-hydrogen) atoms. The topological polar surface area (TPSA) is 68.1 Å². The molecule has 1 aliphatic carbocycles. The molecule has 5 heteroatoms. The van der Waals surface area contributed by atoms with E-state index in [0.29, 0.717) is 6.10 Å². The molecule has 0 atom stereocenters. The van der Waals surface area contributed by atoms with Gasteiger partial charge in [0.2, 0.25) is 5.88 Å². The first kappa shape index (κ1) is 27.9. The van der Waals surface area contributed by atoms with Gasteiger partial charge in [0.1, 0.15) is 11.9 Å². The summed E-state index contributed by atoms with van der Waals surface area (Å²) < 4.78 is 5.86. The molecule has 3 heterocycles. The van der Waals surface area contributed by atoms with Gasteiger partial charge in [0.05, 0.1) is 6.20 Å². The van der Waals surface area contributed by atoms with E-state index in [2.05, 4.69) is 59.1 Å². The lowest BCUT2D eigenvalue weighted by Gasteiger charge is -2.25. The van der Waals surface area contributed by atoms with Crippen molar-refractivity contribution in [3.63, 3.8) is 0 Å². The fourth-order valence-electron chi connectivity index (χ4n) is 4.04. The SMILES string of the molecule is CC.CCCc1ccncc1-c1ccc(-c2ccc(OC3CCC3)nc2)cc1C.Cc1ccc(O)cn1. The van der Waals surface area contributed by atoms with Crippen LogP contribution >= 0.6 is 0 Å². The van der Waals surface area contributed by atoms with Crippen molar-refractivity contribution >= 4 is 0 Å². The van der Waals surface area contributed by atoms with E-state index in [-0.39, 0.29) is 5.75 Å². The molecule has 1 aromatic carbocycles. The Balaban J connectivity index is 0.000000322. The number of hydrogen-bond donors (Lipinski definition) is 1. The van der Waals surface area contributed by atoms with Crippen LogP contribution in [0.3, 0.4) is 0 Å². The lowest BCUT2D eigenvalue weighted by atomic mass is 9.93. The van der Waals surface area contributed by atoms with Crippen molar-refractivity contribution in [3.8, 4) is 33.9 Å². The fraction of sp³-hybridized carbons (Fsp3) is 0.344. The summed E-state index contributed by atoms with van der Waals surface area (Å²) in [5.74, 6) is 0.951. The number of pyridine rings is 3. The molecule has 5 rings (SSSR count). The molecule has 0 unspecified atom stereocenters. The Hall–Kier alpha value is -3.73. The first-order valence-electron chi connectivity index (χ1n) is 13.3. The van der Waals surface area contributed by atoms with Crippen LogP contribution in [0, 0.1) is 13.8 Å². The second kappa shape index (κ2) is 14.1. The molecule has 0 amide bonds. The number of ether oxygens (including phenoxy) is 1. The van der Waals surface area contributed by atoms with Crippen LogP contribution in [0.25, 0.3) is 22.3 Å². The van der Waals surface area contributed by atoms with Crippen LogP contribution in [0.1, 0.15) is 63.3 Å². The van der Waals surface area contributed by atoms with Crippen molar-refractivity contribution in [2.45, 2.75) is 72.8 Å². The fourth-order valence-corrected chi connectivity index (χ4v) is 4.04. The average Bonchev–Trinajstić information content (AvgIpc) is 2.90. The highest BCUT2D eigenvalue weighted by atomic mass is 16.5. The Bertz CT molecular complexity index is 1210. The summed E-state index contributed by atoms with van der Waals surface area (Å²) in [5.41, 5.74) is 8.34. The van der Waals surface area contributed by atoms with E-state index < -0.39 is 0 Å². The maximum absolute atomic E-state index is 8.69. The van der Waals surface area contributed by atoms with Gasteiger partial charge in [0, 0.05) is 41.5 Å². The summed E-state index contributed by atoms with van der Waals surface area (Å²) in [6.07, 6.45) is 13.4. The Labute approximate surface area is 221 Å². The number of aryl methyl sites for hydroxylation is 3. The van der Waals surface area contributed by atoms with Crippen molar-refractivity contribution < 1.29 is 9.84 Å². The van der Waals surface area contributed by atoms with Gasteiger partial charge in [-0.3, -0.25) is 9.97 Å². The summed E-state index contributed by atoms with van der Waals surface area (Å²) >= 11 is 0. The van der Waals surface area contributed by atoms with Crippen LogP contribution in [0.2, 0.25) is 0 Å². The standard InChI is InChI=1S/C24H26N2O.C6H7NO.C2H6/c1-3-5-18-12-13-25-16-23(18)22-10-8-19(14-17(22)2)20-9-11-24(26-15-20)27-21-6-4-7-21;1-5-2-3-6(8)4-7-5;1-2/h8-16,21H,3-7H2,1-2H3;2-4,8H,1H3;1-2H3. The number of benzene rings is 1. The van der Waals surface area contributed by atoms with E-state index in [0.717, 1.165) is 42.8 Å². The van der Waals surface area contributed by atoms with E-state index in [1.165, 1.54) is 40.4 Å². The minimum Gasteiger partial charge on any atom is -0.506 e. The minimum atomic E-state index is 0.218. The van der Waals surface area contributed by atoms with E-state index in [9.17, 15) is 0 Å². The van der Waals surface area contributed by atoms with Gasteiger partial charge in [0.15, 0.2) is 0 Å². The lowest BCUT2D eigenvalue weighted by molar-refractivity contribution is 0.114. The van der Waals surface area contributed by atoms with Crippen LogP contribution in [0.5, 0.6) is 11.6 Å². The minimum absolute atomic E-state index is 0.218. The van der Waals surface area contributed by atoms with Gasteiger partial charge in [-0.2, -0.15) is 0 Å². The second-order valence-corrected chi connectivity index (χ2v) is 9.03.